The van der Waals surface area contributed by atoms with E-state index in [-0.39, 0.29) is 24.9 Å². The van der Waals surface area contributed by atoms with Crippen LogP contribution in [0.4, 0.5) is 0 Å². The zero-order valence-corrected chi connectivity index (χ0v) is 15.3. The number of amides is 1. The Bertz CT molecular complexity index is 640. The van der Waals surface area contributed by atoms with Crippen LogP contribution in [0.25, 0.3) is 0 Å². The van der Waals surface area contributed by atoms with Gasteiger partial charge in [0.15, 0.2) is 6.61 Å². The lowest BCUT2D eigenvalue weighted by atomic mass is 10.1. The number of rotatable bonds is 8. The molecule has 25 heavy (non-hydrogen) atoms. The molecule has 0 fully saturated rings. The van der Waals surface area contributed by atoms with Gasteiger partial charge >= 0.3 is 0 Å². The summed E-state index contributed by atoms with van der Waals surface area (Å²) in [6.45, 7) is 4.57. The van der Waals surface area contributed by atoms with E-state index in [1.807, 2.05) is 56.3 Å². The third kappa shape index (κ3) is 8.42. The summed E-state index contributed by atoms with van der Waals surface area (Å²) in [5.74, 6) is 1.17. The van der Waals surface area contributed by atoms with Crippen molar-refractivity contribution < 1.29 is 14.3 Å². The van der Waals surface area contributed by atoms with Crippen LogP contribution in [0.1, 0.15) is 19.4 Å². The number of carbonyl (C=O) groups excluding carboxylic acids is 1. The Hall–Kier alpha value is -2.24. The molecule has 6 heteroatoms. The van der Waals surface area contributed by atoms with Gasteiger partial charge in [-0.05, 0) is 43.7 Å². The summed E-state index contributed by atoms with van der Waals surface area (Å²) >= 11 is 0. The number of halogens is 1. The van der Waals surface area contributed by atoms with Crippen LogP contribution >= 0.6 is 12.4 Å². The van der Waals surface area contributed by atoms with Crippen LogP contribution in [0.5, 0.6) is 11.5 Å². The van der Waals surface area contributed by atoms with Gasteiger partial charge in [-0.1, -0.05) is 30.3 Å². The molecule has 1 amide bonds. The van der Waals surface area contributed by atoms with Gasteiger partial charge in [0.25, 0.3) is 5.91 Å². The SMILES string of the molecule is CC(C)(N)CNC(=O)COc1ccc(OCc2ccccc2)cc1.Cl. The number of hydrogen-bond acceptors (Lipinski definition) is 4. The summed E-state index contributed by atoms with van der Waals surface area (Å²) in [5.41, 5.74) is 6.48. The van der Waals surface area contributed by atoms with Crippen molar-refractivity contribution in [3.05, 3.63) is 60.2 Å². The van der Waals surface area contributed by atoms with Crippen LogP contribution in [0, 0.1) is 0 Å². The molecule has 0 bridgehead atoms. The topological polar surface area (TPSA) is 73.6 Å². The summed E-state index contributed by atoms with van der Waals surface area (Å²) in [5, 5.41) is 2.73. The third-order valence-electron chi connectivity index (χ3n) is 3.18. The van der Waals surface area contributed by atoms with Gasteiger partial charge in [0.1, 0.15) is 18.1 Å². The van der Waals surface area contributed by atoms with Crippen molar-refractivity contribution >= 4 is 18.3 Å². The highest BCUT2D eigenvalue weighted by Gasteiger charge is 2.12. The molecule has 3 N–H and O–H groups in total. The van der Waals surface area contributed by atoms with Gasteiger partial charge < -0.3 is 20.5 Å². The average Bonchev–Trinajstić information content (AvgIpc) is 2.57. The smallest absolute Gasteiger partial charge is 0.258 e. The van der Waals surface area contributed by atoms with Crippen LogP contribution in [0.2, 0.25) is 0 Å². The van der Waals surface area contributed by atoms with E-state index in [1.165, 1.54) is 0 Å². The Morgan fingerprint density at radius 2 is 1.56 bits per heavy atom. The maximum atomic E-state index is 11.7. The Kier molecular flexibility index (Phi) is 8.25. The van der Waals surface area contributed by atoms with Crippen LogP contribution in [0.15, 0.2) is 54.6 Å². The first-order chi connectivity index (χ1) is 11.4. The fourth-order valence-electron chi connectivity index (χ4n) is 1.90. The van der Waals surface area contributed by atoms with E-state index < -0.39 is 5.54 Å². The summed E-state index contributed by atoms with van der Waals surface area (Å²) in [6.07, 6.45) is 0. The lowest BCUT2D eigenvalue weighted by molar-refractivity contribution is -0.123. The highest BCUT2D eigenvalue weighted by Crippen LogP contribution is 2.18. The van der Waals surface area contributed by atoms with Crippen molar-refractivity contribution in [1.29, 1.82) is 0 Å². The molecule has 0 radical (unpaired) electrons. The number of nitrogens with two attached hydrogens (primary N) is 1. The first-order valence-corrected chi connectivity index (χ1v) is 7.87. The van der Waals surface area contributed by atoms with Gasteiger partial charge in [-0.15, -0.1) is 12.4 Å². The highest BCUT2D eigenvalue weighted by molar-refractivity contribution is 5.85. The van der Waals surface area contributed by atoms with Gasteiger partial charge in [-0.3, -0.25) is 4.79 Å². The Balaban J connectivity index is 0.00000312. The Morgan fingerprint density at radius 1 is 1.00 bits per heavy atom. The lowest BCUT2D eigenvalue weighted by Gasteiger charge is -2.18. The van der Waals surface area contributed by atoms with E-state index in [1.54, 1.807) is 12.1 Å². The van der Waals surface area contributed by atoms with E-state index in [4.69, 9.17) is 15.2 Å². The second-order valence-corrected chi connectivity index (χ2v) is 6.30. The average molecular weight is 365 g/mol. The van der Waals surface area contributed by atoms with E-state index in [0.717, 1.165) is 11.3 Å². The number of nitrogens with one attached hydrogen (secondary N) is 1. The maximum absolute atomic E-state index is 11.7. The quantitative estimate of drug-likeness (QED) is 0.755. The minimum Gasteiger partial charge on any atom is -0.489 e. The summed E-state index contributed by atoms with van der Waals surface area (Å²) < 4.78 is 11.1. The predicted molar refractivity (Wildman–Crippen MR) is 101 cm³/mol. The maximum Gasteiger partial charge on any atom is 0.258 e. The third-order valence-corrected chi connectivity index (χ3v) is 3.18. The summed E-state index contributed by atoms with van der Waals surface area (Å²) in [7, 11) is 0. The first kappa shape index (κ1) is 20.8. The van der Waals surface area contributed by atoms with Crippen molar-refractivity contribution in [2.75, 3.05) is 13.2 Å². The Morgan fingerprint density at radius 3 is 2.12 bits per heavy atom. The monoisotopic (exact) mass is 364 g/mol. The van der Waals surface area contributed by atoms with Gasteiger partial charge in [0, 0.05) is 12.1 Å². The normalized spacial score (nSPS) is 10.5. The molecule has 136 valence electrons. The van der Waals surface area contributed by atoms with Crippen molar-refractivity contribution in [3.63, 3.8) is 0 Å². The first-order valence-electron chi connectivity index (χ1n) is 7.87. The second kappa shape index (κ2) is 9.91. The van der Waals surface area contributed by atoms with Crippen LogP contribution in [-0.2, 0) is 11.4 Å². The number of carbonyl (C=O) groups is 1. The molecule has 2 aromatic carbocycles. The lowest BCUT2D eigenvalue weighted by Crippen LogP contribution is -2.46. The molecule has 0 heterocycles. The minimum absolute atomic E-state index is 0. The van der Waals surface area contributed by atoms with E-state index in [2.05, 4.69) is 5.32 Å². The number of ether oxygens (including phenoxy) is 2. The zero-order valence-electron chi connectivity index (χ0n) is 14.5. The predicted octanol–water partition coefficient (Wildman–Crippen LogP) is 2.92. The summed E-state index contributed by atoms with van der Waals surface area (Å²) in [4.78, 5) is 11.7. The molecular formula is C19H25ClN2O3. The van der Waals surface area contributed by atoms with Gasteiger partial charge in [0.05, 0.1) is 0 Å². The van der Waals surface area contributed by atoms with Crippen LogP contribution < -0.4 is 20.5 Å². The minimum atomic E-state index is -0.437. The molecule has 0 aliphatic rings. The standard InChI is InChI=1S/C19H24N2O3.ClH/c1-19(2,20)14-21-18(22)13-24-17-10-8-16(9-11-17)23-12-15-6-4-3-5-7-15;/h3-11H,12-14,20H2,1-2H3,(H,21,22);1H. The highest BCUT2D eigenvalue weighted by atomic mass is 35.5. The van der Waals surface area contributed by atoms with Crippen molar-refractivity contribution in [2.45, 2.75) is 26.0 Å². The molecule has 5 nitrogen and oxygen atoms in total. The van der Waals surface area contributed by atoms with E-state index in [0.29, 0.717) is 18.9 Å². The molecule has 0 saturated heterocycles. The largest absolute Gasteiger partial charge is 0.489 e. The molecular weight excluding hydrogens is 340 g/mol. The molecule has 0 aliphatic heterocycles. The molecule has 0 atom stereocenters. The van der Waals surface area contributed by atoms with E-state index >= 15 is 0 Å². The molecule has 0 aromatic heterocycles. The van der Waals surface area contributed by atoms with Crippen molar-refractivity contribution in [2.24, 2.45) is 5.73 Å². The van der Waals surface area contributed by atoms with Crippen LogP contribution in [-0.4, -0.2) is 24.6 Å². The molecule has 0 unspecified atom stereocenters. The molecule has 2 rings (SSSR count). The zero-order chi connectivity index (χ0) is 17.4. The van der Waals surface area contributed by atoms with Gasteiger partial charge in [0.2, 0.25) is 0 Å². The van der Waals surface area contributed by atoms with Crippen molar-refractivity contribution in [3.8, 4) is 11.5 Å². The second-order valence-electron chi connectivity index (χ2n) is 6.30. The molecule has 0 saturated carbocycles. The summed E-state index contributed by atoms with van der Waals surface area (Å²) in [6, 6.07) is 17.1. The number of benzene rings is 2. The van der Waals surface area contributed by atoms with E-state index in [9.17, 15) is 4.79 Å². The van der Waals surface area contributed by atoms with Gasteiger partial charge in [-0.25, -0.2) is 0 Å². The van der Waals surface area contributed by atoms with Crippen molar-refractivity contribution in [1.82, 2.24) is 5.32 Å². The van der Waals surface area contributed by atoms with Gasteiger partial charge in [-0.2, -0.15) is 0 Å². The molecule has 2 aromatic rings. The molecule has 0 aliphatic carbocycles. The molecule has 0 spiro atoms. The number of hydrogen-bond donors (Lipinski definition) is 2. The fourth-order valence-corrected chi connectivity index (χ4v) is 1.90. The van der Waals surface area contributed by atoms with Crippen LogP contribution in [0.3, 0.4) is 0 Å². The Labute approximate surface area is 154 Å². The fraction of sp³-hybridized carbons (Fsp3) is 0.316.